The number of anilines is 1. The number of nitrogens with one attached hydrogen (secondary N) is 2. The van der Waals surface area contributed by atoms with Crippen LogP contribution in [-0.2, 0) is 10.0 Å². The fourth-order valence-electron chi connectivity index (χ4n) is 2.92. The van der Waals surface area contributed by atoms with E-state index in [1.807, 2.05) is 38.1 Å². The minimum absolute atomic E-state index is 0.125. The number of benzene rings is 3. The van der Waals surface area contributed by atoms with Crippen molar-refractivity contribution in [2.75, 3.05) is 11.8 Å². The minimum Gasteiger partial charge on any atom is -0.497 e. The summed E-state index contributed by atoms with van der Waals surface area (Å²) in [5.41, 5.74) is 2.39. The smallest absolute Gasteiger partial charge is 0.261 e. The summed E-state index contributed by atoms with van der Waals surface area (Å²) in [5.74, 6) is 0.413. The molecule has 31 heavy (non-hydrogen) atoms. The first-order valence-corrected chi connectivity index (χ1v) is 11.4. The monoisotopic (exact) mass is 458 g/mol. The quantitative estimate of drug-likeness (QED) is 0.524. The molecule has 1 atom stereocenters. The molecule has 0 spiro atoms. The van der Waals surface area contributed by atoms with E-state index in [9.17, 15) is 13.2 Å². The summed E-state index contributed by atoms with van der Waals surface area (Å²) in [7, 11) is -2.20. The highest BCUT2D eigenvalue weighted by Gasteiger charge is 2.18. The number of amides is 1. The van der Waals surface area contributed by atoms with Crippen molar-refractivity contribution < 1.29 is 17.9 Å². The molecule has 8 heteroatoms. The highest BCUT2D eigenvalue weighted by atomic mass is 35.5. The van der Waals surface area contributed by atoms with E-state index in [2.05, 4.69) is 10.0 Å². The molecule has 0 aromatic heterocycles. The molecule has 0 heterocycles. The number of methoxy groups -OCH3 is 1. The van der Waals surface area contributed by atoms with Crippen molar-refractivity contribution in [2.45, 2.75) is 24.8 Å². The highest BCUT2D eigenvalue weighted by Crippen LogP contribution is 2.26. The van der Waals surface area contributed by atoms with E-state index in [0.717, 1.165) is 16.9 Å². The molecule has 1 amide bonds. The maximum Gasteiger partial charge on any atom is 0.261 e. The third kappa shape index (κ3) is 5.57. The van der Waals surface area contributed by atoms with Crippen LogP contribution in [0.25, 0.3) is 0 Å². The van der Waals surface area contributed by atoms with Crippen molar-refractivity contribution in [2.24, 2.45) is 0 Å². The van der Waals surface area contributed by atoms with Crippen LogP contribution in [0.15, 0.2) is 71.6 Å². The summed E-state index contributed by atoms with van der Waals surface area (Å²) < 4.78 is 32.8. The maximum absolute atomic E-state index is 12.6. The fraction of sp³-hybridized carbons (Fsp3) is 0.174. The van der Waals surface area contributed by atoms with Gasteiger partial charge in [-0.1, -0.05) is 41.4 Å². The van der Waals surface area contributed by atoms with Gasteiger partial charge in [0.05, 0.1) is 28.8 Å². The van der Waals surface area contributed by atoms with Crippen LogP contribution in [0.3, 0.4) is 0 Å². The first-order valence-electron chi connectivity index (χ1n) is 9.53. The summed E-state index contributed by atoms with van der Waals surface area (Å²) in [6.45, 7) is 3.74. The molecule has 0 fully saturated rings. The molecular formula is C23H23ClN2O4S. The molecule has 0 saturated heterocycles. The molecule has 0 saturated carbocycles. The second kappa shape index (κ2) is 9.41. The molecule has 3 rings (SSSR count). The number of ether oxygens (including phenoxy) is 1. The van der Waals surface area contributed by atoms with E-state index in [0.29, 0.717) is 5.56 Å². The lowest BCUT2D eigenvalue weighted by molar-refractivity contribution is 0.0940. The number of hydrogen-bond acceptors (Lipinski definition) is 4. The second-order valence-electron chi connectivity index (χ2n) is 7.08. The van der Waals surface area contributed by atoms with Crippen molar-refractivity contribution in [1.82, 2.24) is 5.32 Å². The van der Waals surface area contributed by atoms with Gasteiger partial charge in [0.2, 0.25) is 0 Å². The van der Waals surface area contributed by atoms with E-state index < -0.39 is 10.0 Å². The number of sulfonamides is 1. The third-order valence-corrected chi connectivity index (χ3v) is 6.46. The Bertz CT molecular complexity index is 1180. The zero-order chi connectivity index (χ0) is 22.6. The summed E-state index contributed by atoms with van der Waals surface area (Å²) in [5, 5.41) is 3.02. The predicted molar refractivity (Wildman–Crippen MR) is 122 cm³/mol. The summed E-state index contributed by atoms with van der Waals surface area (Å²) in [4.78, 5) is 12.7. The van der Waals surface area contributed by atoms with Crippen LogP contribution in [0.4, 0.5) is 5.69 Å². The zero-order valence-corrected chi connectivity index (χ0v) is 18.9. The van der Waals surface area contributed by atoms with Gasteiger partial charge in [0.15, 0.2) is 0 Å². The number of carbonyl (C=O) groups excluding carboxylic acids is 1. The van der Waals surface area contributed by atoms with Crippen molar-refractivity contribution in [3.8, 4) is 5.75 Å². The van der Waals surface area contributed by atoms with Crippen LogP contribution in [0.1, 0.15) is 34.5 Å². The molecule has 0 aliphatic heterocycles. The van der Waals surface area contributed by atoms with Crippen LogP contribution in [0.5, 0.6) is 5.75 Å². The van der Waals surface area contributed by atoms with E-state index in [1.165, 1.54) is 30.3 Å². The molecule has 2 N–H and O–H groups in total. The lowest BCUT2D eigenvalue weighted by atomic mass is 10.1. The van der Waals surface area contributed by atoms with Gasteiger partial charge in [-0.05, 0) is 61.9 Å². The highest BCUT2D eigenvalue weighted by molar-refractivity contribution is 7.92. The number of carbonyl (C=O) groups is 1. The molecule has 3 aromatic carbocycles. The van der Waals surface area contributed by atoms with Gasteiger partial charge in [-0.25, -0.2) is 8.42 Å². The summed E-state index contributed by atoms with van der Waals surface area (Å²) >= 11 is 6.26. The van der Waals surface area contributed by atoms with Gasteiger partial charge in [0.1, 0.15) is 5.75 Å². The molecule has 1 unspecified atom stereocenters. The van der Waals surface area contributed by atoms with Gasteiger partial charge in [-0.3, -0.25) is 9.52 Å². The van der Waals surface area contributed by atoms with Crippen LogP contribution < -0.4 is 14.8 Å². The molecular weight excluding hydrogens is 436 g/mol. The number of rotatable bonds is 7. The number of hydrogen-bond donors (Lipinski definition) is 2. The van der Waals surface area contributed by atoms with Gasteiger partial charge < -0.3 is 10.1 Å². The molecule has 0 radical (unpaired) electrons. The van der Waals surface area contributed by atoms with E-state index in [1.54, 1.807) is 19.2 Å². The van der Waals surface area contributed by atoms with Gasteiger partial charge in [0.25, 0.3) is 15.9 Å². The average molecular weight is 459 g/mol. The van der Waals surface area contributed by atoms with Crippen molar-refractivity contribution in [3.05, 3.63) is 88.4 Å². The summed E-state index contributed by atoms with van der Waals surface area (Å²) in [6, 6.07) is 18.1. The van der Waals surface area contributed by atoms with E-state index in [-0.39, 0.29) is 27.6 Å². The van der Waals surface area contributed by atoms with Gasteiger partial charge in [0, 0.05) is 5.56 Å². The Morgan fingerprint density at radius 3 is 2.23 bits per heavy atom. The minimum atomic E-state index is -3.79. The molecule has 3 aromatic rings. The topological polar surface area (TPSA) is 84.5 Å². The normalized spacial score (nSPS) is 12.1. The zero-order valence-electron chi connectivity index (χ0n) is 17.3. The molecule has 0 aliphatic rings. The lowest BCUT2D eigenvalue weighted by Crippen LogP contribution is -2.26. The maximum atomic E-state index is 12.6. The summed E-state index contributed by atoms with van der Waals surface area (Å²) in [6.07, 6.45) is 0. The fourth-order valence-corrected chi connectivity index (χ4v) is 4.28. The van der Waals surface area contributed by atoms with Crippen molar-refractivity contribution >= 4 is 33.2 Å². The molecule has 0 aliphatic carbocycles. The van der Waals surface area contributed by atoms with Gasteiger partial charge in [-0.15, -0.1) is 0 Å². The van der Waals surface area contributed by atoms with Crippen LogP contribution >= 0.6 is 11.6 Å². The van der Waals surface area contributed by atoms with Crippen molar-refractivity contribution in [1.29, 1.82) is 0 Å². The number of halogens is 1. The number of aryl methyl sites for hydroxylation is 1. The second-order valence-corrected chi connectivity index (χ2v) is 9.17. The lowest BCUT2D eigenvalue weighted by Gasteiger charge is -2.16. The molecule has 6 nitrogen and oxygen atoms in total. The first-order chi connectivity index (χ1) is 14.7. The van der Waals surface area contributed by atoms with Crippen molar-refractivity contribution in [3.63, 3.8) is 0 Å². The Morgan fingerprint density at radius 2 is 1.65 bits per heavy atom. The van der Waals surface area contributed by atoms with Gasteiger partial charge >= 0.3 is 0 Å². The van der Waals surface area contributed by atoms with E-state index in [4.69, 9.17) is 16.3 Å². The van der Waals surface area contributed by atoms with Crippen LogP contribution in [-0.4, -0.2) is 21.4 Å². The molecule has 162 valence electrons. The third-order valence-electron chi connectivity index (χ3n) is 4.77. The Labute approximate surface area is 187 Å². The SMILES string of the molecule is COc1ccc(C(C)NC(=O)c2ccc(NS(=O)(=O)c3ccc(C)cc3)c(Cl)c2)cc1. The Balaban J connectivity index is 1.72. The van der Waals surface area contributed by atoms with Crippen LogP contribution in [0.2, 0.25) is 5.02 Å². The van der Waals surface area contributed by atoms with E-state index >= 15 is 0 Å². The predicted octanol–water partition coefficient (Wildman–Crippen LogP) is 4.95. The Hall–Kier alpha value is -3.03. The first kappa shape index (κ1) is 22.7. The average Bonchev–Trinajstić information content (AvgIpc) is 2.75. The molecule has 0 bridgehead atoms. The Kier molecular flexibility index (Phi) is 6.87. The Morgan fingerprint density at radius 1 is 1.00 bits per heavy atom. The van der Waals surface area contributed by atoms with Crippen LogP contribution in [0, 0.1) is 6.92 Å². The largest absolute Gasteiger partial charge is 0.497 e. The van der Waals surface area contributed by atoms with Gasteiger partial charge in [-0.2, -0.15) is 0 Å². The standard InChI is InChI=1S/C23H23ClN2O4S/c1-15-4-11-20(12-5-15)31(28,29)26-22-13-8-18(14-21(22)24)23(27)25-16(2)17-6-9-19(30-3)10-7-17/h4-14,16,26H,1-3H3,(H,25,27).